The zero-order chi connectivity index (χ0) is 20.3. The van der Waals surface area contributed by atoms with Gasteiger partial charge in [-0.1, -0.05) is 0 Å². The first-order chi connectivity index (χ1) is 14.8. The molecule has 2 saturated heterocycles. The molecule has 2 aromatic heterocycles. The van der Waals surface area contributed by atoms with E-state index in [0.29, 0.717) is 0 Å². The minimum atomic E-state index is 0.824. The Hall–Kier alpha value is -2.68. The molecule has 0 aliphatic carbocycles. The van der Waals surface area contributed by atoms with Crippen LogP contribution in [0.15, 0.2) is 36.5 Å². The predicted octanol–water partition coefficient (Wildman–Crippen LogP) is 1.38. The van der Waals surface area contributed by atoms with Crippen LogP contribution in [-0.4, -0.2) is 78.9 Å². The lowest BCUT2D eigenvalue weighted by atomic mass is 10.1. The van der Waals surface area contributed by atoms with E-state index >= 15 is 0 Å². The first kappa shape index (κ1) is 19.3. The van der Waals surface area contributed by atoms with Crippen LogP contribution < -0.4 is 20.3 Å². The van der Waals surface area contributed by atoms with Gasteiger partial charge in [0.1, 0.15) is 11.4 Å². The molecule has 8 nitrogen and oxygen atoms in total. The number of anilines is 1. The Balaban J connectivity index is 1.57. The zero-order valence-electron chi connectivity index (χ0n) is 17.5. The van der Waals surface area contributed by atoms with Gasteiger partial charge in [-0.3, -0.25) is 4.90 Å². The molecule has 0 radical (unpaired) electrons. The summed E-state index contributed by atoms with van der Waals surface area (Å²) in [7, 11) is 1.70. The van der Waals surface area contributed by atoms with Crippen LogP contribution in [0.2, 0.25) is 0 Å². The molecule has 3 aromatic rings. The van der Waals surface area contributed by atoms with Crippen molar-refractivity contribution in [2.45, 2.75) is 6.67 Å². The number of rotatable bonds is 5. The van der Waals surface area contributed by atoms with Crippen molar-refractivity contribution in [1.29, 1.82) is 0 Å². The minimum Gasteiger partial charge on any atom is -0.497 e. The molecule has 4 heterocycles. The van der Waals surface area contributed by atoms with Gasteiger partial charge in [0.25, 0.3) is 0 Å². The lowest BCUT2D eigenvalue weighted by molar-refractivity contribution is 0.196. The van der Waals surface area contributed by atoms with Gasteiger partial charge in [-0.25, -0.2) is 4.98 Å². The van der Waals surface area contributed by atoms with Crippen molar-refractivity contribution in [2.75, 3.05) is 64.4 Å². The highest BCUT2D eigenvalue weighted by atomic mass is 16.5. The predicted molar refractivity (Wildman–Crippen MR) is 119 cm³/mol. The first-order valence-corrected chi connectivity index (χ1v) is 10.7. The summed E-state index contributed by atoms with van der Waals surface area (Å²) in [5.74, 6) is 1.69. The molecule has 2 aliphatic rings. The van der Waals surface area contributed by atoms with Crippen LogP contribution in [0.3, 0.4) is 0 Å². The van der Waals surface area contributed by atoms with Crippen LogP contribution in [0, 0.1) is 0 Å². The zero-order valence-corrected chi connectivity index (χ0v) is 17.5. The Kier molecular flexibility index (Phi) is 5.52. The van der Waals surface area contributed by atoms with Gasteiger partial charge in [0.15, 0.2) is 0 Å². The van der Waals surface area contributed by atoms with Crippen molar-refractivity contribution in [3.63, 3.8) is 0 Å². The van der Waals surface area contributed by atoms with E-state index in [1.807, 2.05) is 18.3 Å². The third-order valence-corrected chi connectivity index (χ3v) is 5.96. The SMILES string of the molecule is COc1ccc(-c2cc3cnc(N4CCNCC4)nc3n2CN2CCNCC2)cc1. The van der Waals surface area contributed by atoms with Crippen LogP contribution in [-0.2, 0) is 6.67 Å². The maximum Gasteiger partial charge on any atom is 0.227 e. The molecular formula is C22H29N7O. The van der Waals surface area contributed by atoms with Gasteiger partial charge in [0, 0.05) is 63.9 Å². The Morgan fingerprint density at radius 1 is 0.967 bits per heavy atom. The summed E-state index contributed by atoms with van der Waals surface area (Å²) in [6.07, 6.45) is 1.97. The number of hydrogen-bond acceptors (Lipinski definition) is 7. The van der Waals surface area contributed by atoms with Gasteiger partial charge in [-0.05, 0) is 35.9 Å². The molecule has 1 aromatic carbocycles. The molecule has 0 amide bonds. The molecule has 5 rings (SSSR count). The molecule has 0 atom stereocenters. The number of nitrogens with one attached hydrogen (secondary N) is 2. The lowest BCUT2D eigenvalue weighted by Crippen LogP contribution is -2.44. The van der Waals surface area contributed by atoms with Crippen LogP contribution in [0.25, 0.3) is 22.3 Å². The largest absolute Gasteiger partial charge is 0.497 e. The van der Waals surface area contributed by atoms with Gasteiger partial charge >= 0.3 is 0 Å². The topological polar surface area (TPSA) is 70.5 Å². The van der Waals surface area contributed by atoms with Gasteiger partial charge < -0.3 is 24.8 Å². The molecule has 30 heavy (non-hydrogen) atoms. The fraction of sp³-hybridized carbons (Fsp3) is 0.455. The number of fused-ring (bicyclic) bond motifs is 1. The fourth-order valence-electron chi connectivity index (χ4n) is 4.24. The van der Waals surface area contributed by atoms with E-state index in [0.717, 1.165) is 93.0 Å². The van der Waals surface area contributed by atoms with E-state index in [1.54, 1.807) is 7.11 Å². The molecule has 0 unspecified atom stereocenters. The Morgan fingerprint density at radius 2 is 1.67 bits per heavy atom. The maximum absolute atomic E-state index is 5.34. The Bertz CT molecular complexity index is 989. The summed E-state index contributed by atoms with van der Waals surface area (Å²) < 4.78 is 7.69. The molecule has 0 saturated carbocycles. The second kappa shape index (κ2) is 8.59. The molecule has 0 spiro atoms. The second-order valence-electron chi connectivity index (χ2n) is 7.88. The van der Waals surface area contributed by atoms with Crippen molar-refractivity contribution in [1.82, 2.24) is 30.1 Å². The van der Waals surface area contributed by atoms with Crippen LogP contribution in [0.5, 0.6) is 5.75 Å². The van der Waals surface area contributed by atoms with Crippen LogP contribution in [0.1, 0.15) is 0 Å². The quantitative estimate of drug-likeness (QED) is 0.662. The van der Waals surface area contributed by atoms with Gasteiger partial charge in [-0.15, -0.1) is 0 Å². The number of piperazine rings is 2. The average molecular weight is 408 g/mol. The molecular weight excluding hydrogens is 378 g/mol. The highest BCUT2D eigenvalue weighted by Gasteiger charge is 2.19. The number of methoxy groups -OCH3 is 1. The lowest BCUT2D eigenvalue weighted by Gasteiger charge is -2.29. The third kappa shape index (κ3) is 3.86. The normalized spacial score (nSPS) is 18.1. The van der Waals surface area contributed by atoms with Crippen molar-refractivity contribution in [2.24, 2.45) is 0 Å². The standard InChI is InChI=1S/C22H29N7O/c1-30-19-4-2-17(3-5-19)20-14-18-15-25-22(28-12-8-24-9-13-28)26-21(18)29(20)16-27-10-6-23-7-11-27/h2-5,14-15,23-24H,6-13,16H2,1H3. The van der Waals surface area contributed by atoms with Crippen molar-refractivity contribution in [3.05, 3.63) is 36.5 Å². The van der Waals surface area contributed by atoms with E-state index in [1.165, 1.54) is 0 Å². The number of hydrogen-bond donors (Lipinski definition) is 2. The highest BCUT2D eigenvalue weighted by Crippen LogP contribution is 2.30. The smallest absolute Gasteiger partial charge is 0.227 e. The van der Waals surface area contributed by atoms with E-state index in [9.17, 15) is 0 Å². The first-order valence-electron chi connectivity index (χ1n) is 10.7. The van der Waals surface area contributed by atoms with Crippen molar-refractivity contribution < 1.29 is 4.74 Å². The van der Waals surface area contributed by atoms with Crippen LogP contribution in [0.4, 0.5) is 5.95 Å². The second-order valence-corrected chi connectivity index (χ2v) is 7.88. The number of benzene rings is 1. The molecule has 158 valence electrons. The summed E-state index contributed by atoms with van der Waals surface area (Å²) in [4.78, 5) is 14.5. The average Bonchev–Trinajstić information content (AvgIpc) is 3.18. The van der Waals surface area contributed by atoms with Crippen molar-refractivity contribution >= 4 is 17.0 Å². The van der Waals surface area contributed by atoms with E-state index in [-0.39, 0.29) is 0 Å². The highest BCUT2D eigenvalue weighted by molar-refractivity contribution is 5.84. The summed E-state index contributed by atoms with van der Waals surface area (Å²) in [6, 6.07) is 10.5. The Labute approximate surface area is 176 Å². The molecule has 2 aliphatic heterocycles. The van der Waals surface area contributed by atoms with E-state index < -0.39 is 0 Å². The fourth-order valence-corrected chi connectivity index (χ4v) is 4.24. The van der Waals surface area contributed by atoms with Gasteiger partial charge in [0.2, 0.25) is 5.95 Å². The maximum atomic E-state index is 5.34. The molecule has 2 fully saturated rings. The van der Waals surface area contributed by atoms with Crippen LogP contribution >= 0.6 is 0 Å². The van der Waals surface area contributed by atoms with Gasteiger partial charge in [0.05, 0.1) is 19.5 Å². The summed E-state index contributed by atoms with van der Waals surface area (Å²) in [5.41, 5.74) is 3.33. The number of nitrogens with zero attached hydrogens (tertiary/aromatic N) is 5. The van der Waals surface area contributed by atoms with E-state index in [4.69, 9.17) is 9.72 Å². The van der Waals surface area contributed by atoms with Gasteiger partial charge in [-0.2, -0.15) is 4.98 Å². The van der Waals surface area contributed by atoms with Crippen molar-refractivity contribution in [3.8, 4) is 17.0 Å². The Morgan fingerprint density at radius 3 is 2.37 bits per heavy atom. The third-order valence-electron chi connectivity index (χ3n) is 5.96. The molecule has 0 bridgehead atoms. The molecule has 2 N–H and O–H groups in total. The number of aromatic nitrogens is 3. The molecule has 8 heteroatoms. The minimum absolute atomic E-state index is 0.824. The monoisotopic (exact) mass is 407 g/mol. The summed E-state index contributed by atoms with van der Waals surface area (Å²) in [6.45, 7) is 8.78. The number of ether oxygens (including phenoxy) is 1. The summed E-state index contributed by atoms with van der Waals surface area (Å²) in [5, 5.41) is 7.91. The van der Waals surface area contributed by atoms with E-state index in [2.05, 4.69) is 48.2 Å². The summed E-state index contributed by atoms with van der Waals surface area (Å²) >= 11 is 0.